The number of anilines is 1. The molecule has 1 unspecified atom stereocenters. The molecule has 2 rings (SSSR count). The van der Waals surface area contributed by atoms with Crippen molar-refractivity contribution in [3.8, 4) is 0 Å². The lowest BCUT2D eigenvalue weighted by molar-refractivity contribution is -0.393. The van der Waals surface area contributed by atoms with Crippen LogP contribution in [0.15, 0.2) is 48.5 Å². The van der Waals surface area contributed by atoms with Gasteiger partial charge in [-0.05, 0) is 11.6 Å². The summed E-state index contributed by atoms with van der Waals surface area (Å²) in [5.74, 6) is -0.495. The summed E-state index contributed by atoms with van der Waals surface area (Å²) >= 11 is 0. The monoisotopic (exact) mass is 345 g/mol. The van der Waals surface area contributed by atoms with E-state index in [0.717, 1.165) is 17.7 Å². The van der Waals surface area contributed by atoms with Crippen molar-refractivity contribution in [3.63, 3.8) is 0 Å². The van der Waals surface area contributed by atoms with Crippen molar-refractivity contribution in [1.29, 1.82) is 0 Å². The van der Waals surface area contributed by atoms with E-state index < -0.39 is 27.5 Å². The molecule has 1 atom stereocenters. The molecule has 9 heteroatoms. The van der Waals surface area contributed by atoms with Crippen molar-refractivity contribution in [2.45, 2.75) is 12.5 Å². The highest BCUT2D eigenvalue weighted by Crippen LogP contribution is 2.32. The molecule has 25 heavy (non-hydrogen) atoms. The Bertz CT molecular complexity index is 794. The quantitative estimate of drug-likeness (QED) is 0.464. The average molecular weight is 345 g/mol. The van der Waals surface area contributed by atoms with E-state index in [2.05, 4.69) is 10.1 Å². The fourth-order valence-corrected chi connectivity index (χ4v) is 2.28. The molecule has 0 spiro atoms. The largest absolute Gasteiger partial charge is 0.469 e. The van der Waals surface area contributed by atoms with Crippen molar-refractivity contribution >= 4 is 23.0 Å². The molecule has 2 aromatic carbocycles. The SMILES string of the molecule is COC(=O)CC(Nc1ccc([N+](=O)[O-])cc1[N+](=O)[O-])c1ccccc1. The number of carbonyl (C=O) groups is 1. The lowest BCUT2D eigenvalue weighted by atomic mass is 10.0. The molecule has 2 aromatic rings. The van der Waals surface area contributed by atoms with E-state index in [1.165, 1.54) is 13.2 Å². The van der Waals surface area contributed by atoms with Gasteiger partial charge in [0, 0.05) is 6.07 Å². The molecule has 0 aliphatic carbocycles. The van der Waals surface area contributed by atoms with Crippen LogP contribution < -0.4 is 5.32 Å². The maximum absolute atomic E-state index is 11.7. The summed E-state index contributed by atoms with van der Waals surface area (Å²) in [5, 5.41) is 25.0. The first kappa shape index (κ1) is 17.9. The second kappa shape index (κ2) is 7.86. The summed E-state index contributed by atoms with van der Waals surface area (Å²) < 4.78 is 4.67. The number of non-ortho nitro benzene ring substituents is 1. The summed E-state index contributed by atoms with van der Waals surface area (Å²) in [5.41, 5.74) is -0.0321. The standard InChI is InChI=1S/C16H15N3O6/c1-25-16(20)10-14(11-5-3-2-4-6-11)17-13-8-7-12(18(21)22)9-15(13)19(23)24/h2-9,14,17H,10H2,1H3. The van der Waals surface area contributed by atoms with Gasteiger partial charge in [0.05, 0.1) is 35.5 Å². The third-order valence-electron chi connectivity index (χ3n) is 3.52. The molecule has 1 N–H and O–H groups in total. The molecule has 0 aliphatic heterocycles. The highest BCUT2D eigenvalue weighted by atomic mass is 16.6. The van der Waals surface area contributed by atoms with Gasteiger partial charge in [0.15, 0.2) is 0 Å². The molecule has 0 aliphatic rings. The highest BCUT2D eigenvalue weighted by molar-refractivity contribution is 5.72. The van der Waals surface area contributed by atoms with Crippen LogP contribution in [0.5, 0.6) is 0 Å². The van der Waals surface area contributed by atoms with Crippen molar-refractivity contribution in [1.82, 2.24) is 0 Å². The van der Waals surface area contributed by atoms with E-state index in [1.807, 2.05) is 0 Å². The first-order valence-electron chi connectivity index (χ1n) is 7.23. The van der Waals surface area contributed by atoms with Gasteiger partial charge in [-0.3, -0.25) is 25.0 Å². The minimum absolute atomic E-state index is 0.0609. The molecule has 0 radical (unpaired) electrons. The molecule has 0 heterocycles. The number of hydrogen-bond donors (Lipinski definition) is 1. The van der Waals surface area contributed by atoms with Crippen LogP contribution in [0, 0.1) is 20.2 Å². The summed E-state index contributed by atoms with van der Waals surface area (Å²) in [6.07, 6.45) is -0.0609. The van der Waals surface area contributed by atoms with Crippen LogP contribution in [0.25, 0.3) is 0 Å². The maximum Gasteiger partial charge on any atom is 0.307 e. The van der Waals surface area contributed by atoms with Crippen molar-refractivity contribution < 1.29 is 19.4 Å². The van der Waals surface area contributed by atoms with Crippen LogP contribution in [0.2, 0.25) is 0 Å². The molecular formula is C16H15N3O6. The Morgan fingerprint density at radius 3 is 2.36 bits per heavy atom. The number of nitrogens with one attached hydrogen (secondary N) is 1. The first-order valence-corrected chi connectivity index (χ1v) is 7.23. The second-order valence-electron chi connectivity index (χ2n) is 5.10. The zero-order valence-corrected chi connectivity index (χ0v) is 13.2. The van der Waals surface area contributed by atoms with Crippen molar-refractivity contribution in [3.05, 3.63) is 74.3 Å². The topological polar surface area (TPSA) is 125 Å². The van der Waals surface area contributed by atoms with Crippen LogP contribution in [0.1, 0.15) is 18.0 Å². The number of ether oxygens (including phenoxy) is 1. The van der Waals surface area contributed by atoms with E-state index in [0.29, 0.717) is 0 Å². The van der Waals surface area contributed by atoms with Crippen LogP contribution in [0.3, 0.4) is 0 Å². The fourth-order valence-electron chi connectivity index (χ4n) is 2.28. The minimum Gasteiger partial charge on any atom is -0.469 e. The third kappa shape index (κ3) is 4.50. The van der Waals surface area contributed by atoms with Crippen molar-refractivity contribution in [2.75, 3.05) is 12.4 Å². The number of hydrogen-bond acceptors (Lipinski definition) is 7. The van der Waals surface area contributed by atoms with Crippen LogP contribution >= 0.6 is 0 Å². The van der Waals surface area contributed by atoms with Crippen LogP contribution in [-0.4, -0.2) is 22.9 Å². The Kier molecular flexibility index (Phi) is 5.62. The normalized spacial score (nSPS) is 11.4. The highest BCUT2D eigenvalue weighted by Gasteiger charge is 2.23. The van der Waals surface area contributed by atoms with Gasteiger partial charge in [0.25, 0.3) is 11.4 Å². The molecule has 9 nitrogen and oxygen atoms in total. The number of esters is 1. The van der Waals surface area contributed by atoms with Gasteiger partial charge in [-0.25, -0.2) is 0 Å². The number of rotatable bonds is 7. The van der Waals surface area contributed by atoms with Gasteiger partial charge in [-0.1, -0.05) is 30.3 Å². The predicted molar refractivity (Wildman–Crippen MR) is 89.2 cm³/mol. The van der Waals surface area contributed by atoms with E-state index >= 15 is 0 Å². The summed E-state index contributed by atoms with van der Waals surface area (Å²) in [7, 11) is 1.25. The molecule has 0 saturated carbocycles. The smallest absolute Gasteiger partial charge is 0.307 e. The third-order valence-corrected chi connectivity index (χ3v) is 3.52. The molecule has 0 amide bonds. The zero-order valence-electron chi connectivity index (χ0n) is 13.2. The van der Waals surface area contributed by atoms with E-state index in [9.17, 15) is 25.0 Å². The summed E-state index contributed by atoms with van der Waals surface area (Å²) in [6.45, 7) is 0. The predicted octanol–water partition coefficient (Wildman–Crippen LogP) is 3.22. The Morgan fingerprint density at radius 2 is 1.80 bits per heavy atom. The fraction of sp³-hybridized carbons (Fsp3) is 0.188. The minimum atomic E-state index is -0.713. The van der Waals surface area contributed by atoms with Crippen molar-refractivity contribution in [2.24, 2.45) is 0 Å². The van der Waals surface area contributed by atoms with Crippen LogP contribution in [0.4, 0.5) is 17.1 Å². The molecule has 0 saturated heterocycles. The number of methoxy groups -OCH3 is 1. The number of nitro benzene ring substituents is 2. The molecular weight excluding hydrogens is 330 g/mol. The molecule has 0 bridgehead atoms. The van der Waals surface area contributed by atoms with E-state index in [4.69, 9.17) is 0 Å². The number of benzene rings is 2. The summed E-state index contributed by atoms with van der Waals surface area (Å²) in [6, 6.07) is 11.6. The Morgan fingerprint density at radius 1 is 1.12 bits per heavy atom. The number of carbonyl (C=O) groups excluding carboxylic acids is 1. The van der Waals surface area contributed by atoms with Gasteiger partial charge in [0.2, 0.25) is 0 Å². The number of nitrogens with zero attached hydrogens (tertiary/aromatic N) is 2. The van der Waals surface area contributed by atoms with E-state index in [-0.39, 0.29) is 17.8 Å². The summed E-state index contributed by atoms with van der Waals surface area (Å²) in [4.78, 5) is 32.3. The average Bonchev–Trinajstić information content (AvgIpc) is 2.61. The van der Waals surface area contributed by atoms with Crippen LogP contribution in [-0.2, 0) is 9.53 Å². The maximum atomic E-state index is 11.7. The number of nitro groups is 2. The van der Waals surface area contributed by atoms with Gasteiger partial charge in [-0.2, -0.15) is 0 Å². The Balaban J connectivity index is 2.39. The lowest BCUT2D eigenvalue weighted by Crippen LogP contribution is -2.17. The van der Waals surface area contributed by atoms with Gasteiger partial charge >= 0.3 is 5.97 Å². The van der Waals surface area contributed by atoms with Gasteiger partial charge < -0.3 is 10.1 Å². The molecule has 0 aromatic heterocycles. The Labute approximate surface area is 142 Å². The zero-order chi connectivity index (χ0) is 18.4. The van der Waals surface area contributed by atoms with Gasteiger partial charge in [-0.15, -0.1) is 0 Å². The van der Waals surface area contributed by atoms with Gasteiger partial charge in [0.1, 0.15) is 5.69 Å². The lowest BCUT2D eigenvalue weighted by Gasteiger charge is -2.19. The molecule has 0 fully saturated rings. The van der Waals surface area contributed by atoms with E-state index in [1.54, 1.807) is 30.3 Å². The second-order valence-corrected chi connectivity index (χ2v) is 5.10. The Hall–Kier alpha value is -3.49. The first-order chi connectivity index (χ1) is 11.9. The molecule has 130 valence electrons.